The number of likely N-dealkylation sites (N-methyl/N-ethyl adjacent to an activating group) is 1. The number of carbonyl (C=O) groups is 6. The lowest BCUT2D eigenvalue weighted by molar-refractivity contribution is -0.176. The fourth-order valence-electron chi connectivity index (χ4n) is 4.50. The maximum atomic E-state index is 13.7. The first kappa shape index (κ1) is 34.0. The summed E-state index contributed by atoms with van der Waals surface area (Å²) < 4.78 is 39.1. The van der Waals surface area contributed by atoms with E-state index < -0.39 is 70.5 Å². The van der Waals surface area contributed by atoms with Crippen molar-refractivity contribution in [3.8, 4) is 0 Å². The topological polar surface area (TPSA) is 154 Å². The van der Waals surface area contributed by atoms with E-state index in [1.54, 1.807) is 26.1 Å². The Balaban J connectivity index is 2.36. The summed E-state index contributed by atoms with van der Waals surface area (Å²) >= 11 is 0. The van der Waals surface area contributed by atoms with Crippen LogP contribution in [0.1, 0.15) is 73.6 Å². The lowest BCUT2D eigenvalue weighted by Gasteiger charge is -2.38. The molecule has 0 aromatic rings. The number of hydrogen-bond acceptors (Lipinski definition) is 6. The molecule has 2 rings (SSSR count). The quantitative estimate of drug-likeness (QED) is 0.266. The van der Waals surface area contributed by atoms with Crippen LogP contribution in [0, 0.1) is 16.7 Å². The first-order chi connectivity index (χ1) is 18.6. The van der Waals surface area contributed by atoms with Gasteiger partial charge in [0.25, 0.3) is 5.91 Å². The Bertz CT molecular complexity index is 1050. The zero-order valence-corrected chi connectivity index (χ0v) is 24.7. The fraction of sp³-hybridized carbons (Fsp3) is 0.778. The summed E-state index contributed by atoms with van der Waals surface area (Å²) in [6, 6.07) is -4.42. The molecule has 0 radical (unpaired) electrons. The molecule has 1 heterocycles. The van der Waals surface area contributed by atoms with Gasteiger partial charge in [0.15, 0.2) is 0 Å². The summed E-state index contributed by atoms with van der Waals surface area (Å²) in [4.78, 5) is 77.9. The molecule has 2 fully saturated rings. The zero-order valence-electron chi connectivity index (χ0n) is 24.7. The van der Waals surface area contributed by atoms with Crippen LogP contribution in [0.4, 0.5) is 13.2 Å². The molecule has 41 heavy (non-hydrogen) atoms. The molecular formula is C27H42F3N5O6. The summed E-state index contributed by atoms with van der Waals surface area (Å²) in [5, 5.41) is 9.52. The van der Waals surface area contributed by atoms with Gasteiger partial charge < -0.3 is 26.2 Å². The third-order valence-corrected chi connectivity index (χ3v) is 7.02. The van der Waals surface area contributed by atoms with Crippen LogP contribution in [0.2, 0.25) is 0 Å². The van der Waals surface area contributed by atoms with Gasteiger partial charge in [0.1, 0.15) is 12.1 Å². The van der Waals surface area contributed by atoms with Crippen molar-refractivity contribution >= 4 is 35.3 Å². The van der Waals surface area contributed by atoms with E-state index in [0.717, 1.165) is 17.7 Å². The number of ketones is 1. The molecule has 0 spiro atoms. The van der Waals surface area contributed by atoms with Gasteiger partial charge in [0.05, 0.1) is 6.04 Å². The Labute approximate surface area is 238 Å². The van der Waals surface area contributed by atoms with Crippen LogP contribution in [-0.2, 0) is 28.8 Å². The van der Waals surface area contributed by atoms with Crippen molar-refractivity contribution in [3.05, 3.63) is 0 Å². The minimum Gasteiger partial charge on any atom is -0.356 e. The Morgan fingerprint density at radius 2 is 1.56 bits per heavy atom. The van der Waals surface area contributed by atoms with Crippen molar-refractivity contribution in [2.24, 2.45) is 16.7 Å². The van der Waals surface area contributed by atoms with Crippen LogP contribution in [0.3, 0.4) is 0 Å². The maximum Gasteiger partial charge on any atom is 0.471 e. The van der Waals surface area contributed by atoms with Crippen LogP contribution < -0.4 is 21.3 Å². The third kappa shape index (κ3) is 9.99. The molecule has 4 N–H and O–H groups in total. The van der Waals surface area contributed by atoms with E-state index in [-0.39, 0.29) is 24.8 Å². The minimum absolute atomic E-state index is 0.0320. The van der Waals surface area contributed by atoms with E-state index in [1.165, 1.54) is 27.8 Å². The van der Waals surface area contributed by atoms with Crippen molar-refractivity contribution in [1.82, 2.24) is 26.2 Å². The molecule has 2 aliphatic rings. The number of nitrogens with one attached hydrogen (secondary N) is 4. The number of hydrogen-bond donors (Lipinski definition) is 4. The summed E-state index contributed by atoms with van der Waals surface area (Å²) in [6.07, 6.45) is -3.49. The average Bonchev–Trinajstić information content (AvgIpc) is 3.55. The number of carbonyl (C=O) groups excluding carboxylic acids is 6. The highest BCUT2D eigenvalue weighted by Crippen LogP contribution is 2.28. The fourth-order valence-corrected chi connectivity index (χ4v) is 4.50. The van der Waals surface area contributed by atoms with Gasteiger partial charge in [-0.25, -0.2) is 0 Å². The number of rotatable bonds is 11. The van der Waals surface area contributed by atoms with Gasteiger partial charge in [-0.15, -0.1) is 0 Å². The van der Waals surface area contributed by atoms with Gasteiger partial charge in [-0.3, -0.25) is 28.8 Å². The van der Waals surface area contributed by atoms with Gasteiger partial charge >= 0.3 is 12.1 Å². The normalized spacial score (nSPS) is 19.9. The van der Waals surface area contributed by atoms with Crippen LogP contribution in [-0.4, -0.2) is 84.2 Å². The monoisotopic (exact) mass is 589 g/mol. The van der Waals surface area contributed by atoms with Crippen LogP contribution in [0.25, 0.3) is 0 Å². The largest absolute Gasteiger partial charge is 0.471 e. The summed E-state index contributed by atoms with van der Waals surface area (Å²) in [7, 11) is 1.23. The lowest BCUT2D eigenvalue weighted by atomic mass is 9.83. The van der Waals surface area contributed by atoms with Gasteiger partial charge in [0, 0.05) is 25.6 Å². The lowest BCUT2D eigenvalue weighted by Crippen LogP contribution is -2.61. The van der Waals surface area contributed by atoms with Gasteiger partial charge in [-0.2, -0.15) is 13.2 Å². The summed E-state index contributed by atoms with van der Waals surface area (Å²) in [5.74, 6) is -6.81. The van der Waals surface area contributed by atoms with Gasteiger partial charge in [-0.1, -0.05) is 41.5 Å². The van der Waals surface area contributed by atoms with E-state index in [9.17, 15) is 41.9 Å². The van der Waals surface area contributed by atoms with Crippen LogP contribution in [0.15, 0.2) is 0 Å². The minimum atomic E-state index is -5.23. The molecule has 232 valence electrons. The number of amides is 5. The van der Waals surface area contributed by atoms with Crippen molar-refractivity contribution in [2.45, 2.75) is 104 Å². The molecule has 11 nitrogen and oxygen atoms in total. The van der Waals surface area contributed by atoms with Crippen molar-refractivity contribution in [3.63, 3.8) is 0 Å². The van der Waals surface area contributed by atoms with E-state index in [4.69, 9.17) is 0 Å². The molecule has 1 aliphatic carbocycles. The molecule has 4 atom stereocenters. The van der Waals surface area contributed by atoms with Crippen molar-refractivity contribution < 1.29 is 41.9 Å². The summed E-state index contributed by atoms with van der Waals surface area (Å²) in [6.45, 7) is 10.1. The van der Waals surface area contributed by atoms with E-state index >= 15 is 0 Å². The standard InChI is InChI=1S/C27H42F3N5O6/c1-25(2,3)13-17(35(7)23(40)19(26(4,5)6)34-24(41)27(28,29)30)21(38)33-16(12-14-10-11-31-20(14)37)18(36)22(39)32-15-8-9-15/h14-17,19H,8-13H2,1-7H3,(H,31,37)(H,32,39)(H,33,38)(H,34,41)/t14-,16?,17-,19+/m0/s1. The average molecular weight is 590 g/mol. The third-order valence-electron chi connectivity index (χ3n) is 7.02. The van der Waals surface area contributed by atoms with Crippen molar-refractivity contribution in [2.75, 3.05) is 13.6 Å². The molecule has 1 saturated heterocycles. The first-order valence-electron chi connectivity index (χ1n) is 13.7. The number of alkyl halides is 3. The smallest absolute Gasteiger partial charge is 0.356 e. The van der Waals surface area contributed by atoms with E-state index in [2.05, 4.69) is 16.0 Å². The summed E-state index contributed by atoms with van der Waals surface area (Å²) in [5.41, 5.74) is -1.73. The Kier molecular flexibility index (Phi) is 10.6. The van der Waals surface area contributed by atoms with Crippen LogP contribution >= 0.6 is 0 Å². The van der Waals surface area contributed by atoms with Gasteiger partial charge in [0.2, 0.25) is 23.5 Å². The maximum absolute atomic E-state index is 13.7. The molecule has 0 bridgehead atoms. The van der Waals surface area contributed by atoms with Gasteiger partial charge in [-0.05, 0) is 42.9 Å². The van der Waals surface area contributed by atoms with E-state index in [0.29, 0.717) is 13.0 Å². The molecule has 1 saturated carbocycles. The first-order valence-corrected chi connectivity index (χ1v) is 13.7. The number of halogens is 3. The predicted octanol–water partition coefficient (Wildman–Crippen LogP) is 1.20. The molecule has 5 amide bonds. The molecule has 0 aromatic carbocycles. The van der Waals surface area contributed by atoms with E-state index in [1.807, 2.05) is 0 Å². The predicted molar refractivity (Wildman–Crippen MR) is 142 cm³/mol. The SMILES string of the molecule is CN(C(=O)[C@@H](NC(=O)C(F)(F)F)C(C)(C)C)[C@@H](CC(C)(C)C)C(=O)NC(C[C@@H]1CCNC1=O)C(=O)C(=O)NC1CC1. The highest BCUT2D eigenvalue weighted by Gasteiger charge is 2.46. The highest BCUT2D eigenvalue weighted by molar-refractivity contribution is 6.38. The van der Waals surface area contributed by atoms with Crippen molar-refractivity contribution in [1.29, 1.82) is 0 Å². The molecule has 14 heteroatoms. The molecule has 1 aliphatic heterocycles. The molecular weight excluding hydrogens is 547 g/mol. The second-order valence-corrected chi connectivity index (χ2v) is 13.2. The number of nitrogens with zero attached hydrogens (tertiary/aromatic N) is 1. The second kappa shape index (κ2) is 12.8. The molecule has 1 unspecified atom stereocenters. The Morgan fingerprint density at radius 1 is 0.976 bits per heavy atom. The Morgan fingerprint density at radius 3 is 2.00 bits per heavy atom. The highest BCUT2D eigenvalue weighted by atomic mass is 19.4. The second-order valence-electron chi connectivity index (χ2n) is 13.2. The Hall–Kier alpha value is -3.19. The zero-order chi connectivity index (χ0) is 31.5. The van der Waals surface area contributed by atoms with Crippen LogP contribution in [0.5, 0.6) is 0 Å². The number of Topliss-reactive ketones (excluding diaryl/α,β-unsaturated/α-hetero) is 1. The molecule has 0 aromatic heterocycles.